The van der Waals surface area contributed by atoms with Crippen LogP contribution in [0, 0.1) is 5.92 Å². The van der Waals surface area contributed by atoms with Gasteiger partial charge in [0.15, 0.2) is 5.78 Å². The quantitative estimate of drug-likeness (QED) is 0.151. The fraction of sp³-hybridized carbons (Fsp3) is 0.552. The number of hydrogen-bond acceptors (Lipinski definition) is 7. The summed E-state index contributed by atoms with van der Waals surface area (Å²) in [6, 6.07) is 9.66. The average Bonchev–Trinajstić information content (AvgIpc) is 2.86. The fourth-order valence-corrected chi connectivity index (χ4v) is 3.85. The molecule has 2 amide bonds. The molecule has 0 saturated carbocycles. The molecule has 9 nitrogen and oxygen atoms in total. The number of carbonyl (C=O) groups is 5. The molecule has 0 spiro atoms. The van der Waals surface area contributed by atoms with Crippen LogP contribution in [0.1, 0.15) is 64.9 Å². The minimum absolute atomic E-state index is 0.0162. The molecule has 0 aromatic heterocycles. The van der Waals surface area contributed by atoms with E-state index in [2.05, 4.69) is 10.6 Å². The smallest absolute Gasteiger partial charge is 0.309 e. The zero-order valence-electron chi connectivity index (χ0n) is 23.0. The number of esters is 1. The normalized spacial score (nSPS) is 11.8. The van der Waals surface area contributed by atoms with Crippen molar-refractivity contribution in [2.45, 2.75) is 65.8 Å². The van der Waals surface area contributed by atoms with Crippen molar-refractivity contribution in [1.82, 2.24) is 15.5 Å². The van der Waals surface area contributed by atoms with Gasteiger partial charge in [-0.3, -0.25) is 28.9 Å². The lowest BCUT2D eigenvalue weighted by Gasteiger charge is -2.19. The van der Waals surface area contributed by atoms with E-state index < -0.39 is 0 Å². The second kappa shape index (κ2) is 19.7. The first kappa shape index (κ1) is 32.7. The van der Waals surface area contributed by atoms with E-state index in [1.807, 2.05) is 37.3 Å². The van der Waals surface area contributed by atoms with Crippen LogP contribution in [-0.2, 0) is 35.3 Å². The molecule has 2 N–H and O–H groups in total. The van der Waals surface area contributed by atoms with Gasteiger partial charge in [0.25, 0.3) is 0 Å². The molecular formula is C29H43N3O6. The van der Waals surface area contributed by atoms with E-state index in [9.17, 15) is 24.0 Å². The number of Topliss-reactive ketones (excluding diaryl/α,β-unsaturated/α-hetero) is 1. The van der Waals surface area contributed by atoms with Gasteiger partial charge in [-0.25, -0.2) is 0 Å². The van der Waals surface area contributed by atoms with E-state index in [4.69, 9.17) is 4.74 Å². The number of amides is 2. The summed E-state index contributed by atoms with van der Waals surface area (Å²) in [4.78, 5) is 61.7. The standard InChI is InChI=1S/C29H43N3O6/c1-4-12-27(35)31-19-28(36)30-18-10-9-15-25(29(37)38-5-2)16-11-17-26(34)22-32(20-23(3)33)21-24-13-7-6-8-14-24/h6-8,11,13-14,17,25H,4-5,9-10,12,15-16,18-22H2,1-3H3,(H,30,36)(H,31,35)/b17-11+. The van der Waals surface area contributed by atoms with Gasteiger partial charge in [-0.2, -0.15) is 0 Å². The SMILES string of the molecule is CCCC(=O)NCC(=O)NCCCCC(C/C=C/C(=O)CN(CC(C)=O)Cc1ccccc1)C(=O)OCC. The summed E-state index contributed by atoms with van der Waals surface area (Å²) < 4.78 is 5.19. The molecule has 0 aliphatic rings. The summed E-state index contributed by atoms with van der Waals surface area (Å²) in [5.74, 6) is -1.25. The summed E-state index contributed by atoms with van der Waals surface area (Å²) in [6.07, 6.45) is 6.58. The largest absolute Gasteiger partial charge is 0.466 e. The van der Waals surface area contributed by atoms with Gasteiger partial charge < -0.3 is 15.4 Å². The first-order chi connectivity index (χ1) is 18.2. The highest BCUT2D eigenvalue weighted by Crippen LogP contribution is 2.16. The van der Waals surface area contributed by atoms with E-state index in [0.29, 0.717) is 45.2 Å². The monoisotopic (exact) mass is 529 g/mol. The van der Waals surface area contributed by atoms with Crippen molar-refractivity contribution in [3.63, 3.8) is 0 Å². The lowest BCUT2D eigenvalue weighted by Crippen LogP contribution is -2.37. The number of rotatable bonds is 20. The third kappa shape index (κ3) is 15.7. The molecule has 38 heavy (non-hydrogen) atoms. The van der Waals surface area contributed by atoms with E-state index in [1.165, 1.54) is 13.0 Å². The average molecular weight is 530 g/mol. The fourth-order valence-electron chi connectivity index (χ4n) is 3.85. The Bertz CT molecular complexity index is 916. The molecule has 0 radical (unpaired) electrons. The zero-order chi connectivity index (χ0) is 28.2. The van der Waals surface area contributed by atoms with Crippen molar-refractivity contribution in [2.75, 3.05) is 32.8 Å². The zero-order valence-corrected chi connectivity index (χ0v) is 23.0. The summed E-state index contributed by atoms with van der Waals surface area (Å²) in [6.45, 7) is 6.60. The minimum Gasteiger partial charge on any atom is -0.466 e. The Morgan fingerprint density at radius 1 is 0.974 bits per heavy atom. The molecule has 0 aliphatic carbocycles. The molecule has 1 unspecified atom stereocenters. The molecule has 210 valence electrons. The van der Waals surface area contributed by atoms with Crippen LogP contribution in [-0.4, -0.2) is 67.0 Å². The van der Waals surface area contributed by atoms with Crippen LogP contribution in [0.5, 0.6) is 0 Å². The Labute approximate surface area is 226 Å². The van der Waals surface area contributed by atoms with Crippen molar-refractivity contribution in [3.05, 3.63) is 48.0 Å². The maximum Gasteiger partial charge on any atom is 0.309 e. The number of nitrogens with one attached hydrogen (secondary N) is 2. The van der Waals surface area contributed by atoms with Crippen molar-refractivity contribution in [3.8, 4) is 0 Å². The lowest BCUT2D eigenvalue weighted by molar-refractivity contribution is -0.148. The Balaban J connectivity index is 2.50. The van der Waals surface area contributed by atoms with Gasteiger partial charge in [0.2, 0.25) is 11.8 Å². The predicted octanol–water partition coefficient (Wildman–Crippen LogP) is 2.98. The molecule has 9 heteroatoms. The van der Waals surface area contributed by atoms with Gasteiger partial charge in [0.1, 0.15) is 5.78 Å². The molecule has 1 rings (SSSR count). The van der Waals surface area contributed by atoms with Gasteiger partial charge in [-0.15, -0.1) is 0 Å². The Kier molecular flexibility index (Phi) is 17.0. The second-order valence-corrected chi connectivity index (χ2v) is 9.26. The summed E-state index contributed by atoms with van der Waals surface area (Å²) in [5, 5.41) is 5.33. The van der Waals surface area contributed by atoms with Crippen molar-refractivity contribution in [2.24, 2.45) is 5.92 Å². The number of hydrogen-bond donors (Lipinski definition) is 2. The predicted molar refractivity (Wildman–Crippen MR) is 146 cm³/mol. The van der Waals surface area contributed by atoms with Crippen molar-refractivity contribution < 1.29 is 28.7 Å². The highest BCUT2D eigenvalue weighted by molar-refractivity contribution is 5.92. The molecule has 0 heterocycles. The molecule has 1 aromatic carbocycles. The van der Waals surface area contributed by atoms with Crippen LogP contribution in [0.3, 0.4) is 0 Å². The van der Waals surface area contributed by atoms with Gasteiger partial charge in [0.05, 0.1) is 32.2 Å². The molecule has 0 aliphatic heterocycles. The first-order valence-electron chi connectivity index (χ1n) is 13.4. The number of benzene rings is 1. The number of ether oxygens (including phenoxy) is 1. The maximum absolute atomic E-state index is 12.6. The molecule has 1 aromatic rings. The van der Waals surface area contributed by atoms with Gasteiger partial charge in [-0.1, -0.05) is 49.8 Å². The van der Waals surface area contributed by atoms with E-state index in [0.717, 1.165) is 12.0 Å². The lowest BCUT2D eigenvalue weighted by atomic mass is 9.98. The molecule has 1 atom stereocenters. The maximum atomic E-state index is 12.6. The van der Waals surface area contributed by atoms with Crippen molar-refractivity contribution >= 4 is 29.4 Å². The molecule has 0 fully saturated rings. The van der Waals surface area contributed by atoms with Crippen LogP contribution >= 0.6 is 0 Å². The molecular weight excluding hydrogens is 486 g/mol. The second-order valence-electron chi connectivity index (χ2n) is 9.26. The number of carbonyl (C=O) groups excluding carboxylic acids is 5. The summed E-state index contributed by atoms with van der Waals surface area (Å²) >= 11 is 0. The van der Waals surface area contributed by atoms with Crippen LogP contribution in [0.4, 0.5) is 0 Å². The van der Waals surface area contributed by atoms with Crippen LogP contribution in [0.25, 0.3) is 0 Å². The highest BCUT2D eigenvalue weighted by Gasteiger charge is 2.18. The van der Waals surface area contributed by atoms with Gasteiger partial charge in [-0.05, 0) is 51.2 Å². The highest BCUT2D eigenvalue weighted by atomic mass is 16.5. The van der Waals surface area contributed by atoms with Gasteiger partial charge >= 0.3 is 5.97 Å². The van der Waals surface area contributed by atoms with Crippen molar-refractivity contribution in [1.29, 1.82) is 0 Å². The Morgan fingerprint density at radius 3 is 2.37 bits per heavy atom. The van der Waals surface area contributed by atoms with Crippen LogP contribution in [0.15, 0.2) is 42.5 Å². The van der Waals surface area contributed by atoms with E-state index in [-0.39, 0.29) is 61.5 Å². The summed E-state index contributed by atoms with van der Waals surface area (Å²) in [5.41, 5.74) is 1.02. The Hall–Kier alpha value is -3.33. The van der Waals surface area contributed by atoms with Crippen LogP contribution < -0.4 is 10.6 Å². The molecule has 0 bridgehead atoms. The molecule has 0 saturated heterocycles. The number of ketones is 2. The van der Waals surface area contributed by atoms with E-state index >= 15 is 0 Å². The summed E-state index contributed by atoms with van der Waals surface area (Å²) in [7, 11) is 0. The number of nitrogens with zero attached hydrogens (tertiary/aromatic N) is 1. The Morgan fingerprint density at radius 2 is 1.71 bits per heavy atom. The third-order valence-corrected chi connectivity index (χ3v) is 5.64. The minimum atomic E-state index is -0.388. The topological polar surface area (TPSA) is 122 Å². The van der Waals surface area contributed by atoms with Gasteiger partial charge in [0, 0.05) is 19.5 Å². The van der Waals surface area contributed by atoms with Crippen LogP contribution in [0.2, 0.25) is 0 Å². The first-order valence-corrected chi connectivity index (χ1v) is 13.4. The number of unbranched alkanes of at least 4 members (excludes halogenated alkanes) is 1. The third-order valence-electron chi connectivity index (χ3n) is 5.64. The van der Waals surface area contributed by atoms with E-state index in [1.54, 1.807) is 17.9 Å². The number of allylic oxidation sites excluding steroid dienone is 1.